The molecule has 2 aromatic rings. The minimum absolute atomic E-state index is 0.0504. The minimum Gasteiger partial charge on any atom is -0.343 e. The molecule has 1 amide bonds. The number of nitro groups is 1. The van der Waals surface area contributed by atoms with Gasteiger partial charge in [-0.1, -0.05) is 5.16 Å². The number of nitrogens with one attached hydrogen (secondary N) is 1. The lowest BCUT2D eigenvalue weighted by atomic mass is 10.2. The van der Waals surface area contributed by atoms with Crippen LogP contribution in [-0.2, 0) is 6.54 Å². The number of carbonyl (C=O) groups excluding carboxylic acids is 1. The molecule has 0 aliphatic rings. The normalized spacial score (nSPS) is 10.3. The van der Waals surface area contributed by atoms with Crippen molar-refractivity contribution in [2.24, 2.45) is 0 Å². The van der Waals surface area contributed by atoms with E-state index in [2.05, 4.69) is 31.4 Å². The van der Waals surface area contributed by atoms with Crippen LogP contribution in [0.2, 0.25) is 0 Å². The molecule has 1 aromatic heterocycles. The van der Waals surface area contributed by atoms with Crippen LogP contribution in [-0.4, -0.2) is 21.0 Å². The lowest BCUT2D eigenvalue weighted by Crippen LogP contribution is -2.23. The van der Waals surface area contributed by atoms with E-state index in [1.54, 1.807) is 6.92 Å². The fourth-order valence-corrected chi connectivity index (χ4v) is 1.89. The van der Waals surface area contributed by atoms with Crippen molar-refractivity contribution < 1.29 is 14.2 Å². The maximum atomic E-state index is 12.0. The van der Waals surface area contributed by atoms with Crippen molar-refractivity contribution in [3.63, 3.8) is 0 Å². The van der Waals surface area contributed by atoms with E-state index < -0.39 is 10.8 Å². The summed E-state index contributed by atoms with van der Waals surface area (Å²) in [5.41, 5.74) is 0.00224. The summed E-state index contributed by atoms with van der Waals surface area (Å²) in [5, 5.41) is 16.8. The zero-order valence-corrected chi connectivity index (χ0v) is 11.9. The number of hydrogen-bond donors (Lipinski definition) is 1. The number of aryl methyl sites for hydroxylation is 1. The van der Waals surface area contributed by atoms with Crippen molar-refractivity contribution >= 4 is 27.5 Å². The summed E-state index contributed by atoms with van der Waals surface area (Å²) in [6, 6.07) is 3.95. The highest BCUT2D eigenvalue weighted by atomic mass is 79.9. The molecule has 0 aliphatic heterocycles. The summed E-state index contributed by atoms with van der Waals surface area (Å²) < 4.78 is 5.31. The molecule has 0 radical (unpaired) electrons. The van der Waals surface area contributed by atoms with Crippen LogP contribution < -0.4 is 5.32 Å². The third-order valence-corrected chi connectivity index (χ3v) is 3.07. The number of non-ortho nitro benzene ring substituents is 1. The maximum absolute atomic E-state index is 12.0. The average Bonchev–Trinajstić information content (AvgIpc) is 2.82. The van der Waals surface area contributed by atoms with Crippen LogP contribution in [0.1, 0.15) is 22.1 Å². The molecule has 8 nitrogen and oxygen atoms in total. The Hall–Kier alpha value is -2.29. The Kier molecular flexibility index (Phi) is 4.08. The molecule has 1 N–H and O–H groups in total. The van der Waals surface area contributed by atoms with Crippen LogP contribution >= 0.6 is 15.9 Å². The van der Waals surface area contributed by atoms with Crippen LogP contribution in [0.3, 0.4) is 0 Å². The van der Waals surface area contributed by atoms with E-state index >= 15 is 0 Å². The summed E-state index contributed by atoms with van der Waals surface area (Å²) in [6.07, 6.45) is 0. The van der Waals surface area contributed by atoms with Crippen molar-refractivity contribution in [3.05, 3.63) is 50.1 Å². The van der Waals surface area contributed by atoms with Gasteiger partial charge >= 0.3 is 0 Å². The molecule has 2 rings (SSSR count). The van der Waals surface area contributed by atoms with Crippen LogP contribution in [0.4, 0.5) is 5.69 Å². The highest BCUT2D eigenvalue weighted by molar-refractivity contribution is 9.10. The van der Waals surface area contributed by atoms with Gasteiger partial charge in [-0.2, -0.15) is 4.98 Å². The number of nitro benzene ring substituents is 1. The smallest absolute Gasteiger partial charge is 0.270 e. The second-order valence-electron chi connectivity index (χ2n) is 3.84. The molecule has 0 saturated carbocycles. The van der Waals surface area contributed by atoms with E-state index in [1.165, 1.54) is 18.2 Å². The first-order valence-corrected chi connectivity index (χ1v) is 6.28. The summed E-state index contributed by atoms with van der Waals surface area (Å²) in [6.45, 7) is 1.71. The van der Waals surface area contributed by atoms with Gasteiger partial charge in [0.2, 0.25) is 5.89 Å². The van der Waals surface area contributed by atoms with Gasteiger partial charge in [0.05, 0.1) is 17.0 Å². The van der Waals surface area contributed by atoms with Crippen LogP contribution in [0.25, 0.3) is 0 Å². The van der Waals surface area contributed by atoms with E-state index in [0.29, 0.717) is 10.3 Å². The number of amides is 1. The molecule has 1 heterocycles. The van der Waals surface area contributed by atoms with E-state index in [9.17, 15) is 14.9 Å². The molecular formula is C11H9BrN4O4. The van der Waals surface area contributed by atoms with Gasteiger partial charge in [0.25, 0.3) is 11.6 Å². The van der Waals surface area contributed by atoms with Crippen molar-refractivity contribution in [1.82, 2.24) is 15.5 Å². The van der Waals surface area contributed by atoms with Crippen LogP contribution in [0.15, 0.2) is 27.2 Å². The molecule has 0 aliphatic carbocycles. The summed E-state index contributed by atoms with van der Waals surface area (Å²) in [7, 11) is 0. The first-order chi connectivity index (χ1) is 9.47. The standard InChI is InChI=1S/C11H9BrN4O4/c1-6-14-10(20-15-6)5-13-11(17)8-4-7(16(18)19)2-3-9(8)12/h2-4H,5H2,1H3,(H,13,17). The second kappa shape index (κ2) is 5.78. The Morgan fingerprint density at radius 3 is 2.90 bits per heavy atom. The van der Waals surface area contributed by atoms with Gasteiger partial charge in [0.1, 0.15) is 0 Å². The molecular weight excluding hydrogens is 332 g/mol. The topological polar surface area (TPSA) is 111 Å². The van der Waals surface area contributed by atoms with E-state index in [0.717, 1.165) is 0 Å². The number of carbonyl (C=O) groups is 1. The van der Waals surface area contributed by atoms with E-state index in [-0.39, 0.29) is 23.7 Å². The number of nitrogens with zero attached hydrogens (tertiary/aromatic N) is 3. The number of benzene rings is 1. The van der Waals surface area contributed by atoms with Crippen molar-refractivity contribution in [2.45, 2.75) is 13.5 Å². The Balaban J connectivity index is 2.12. The molecule has 1 aromatic carbocycles. The number of rotatable bonds is 4. The maximum Gasteiger partial charge on any atom is 0.270 e. The monoisotopic (exact) mass is 340 g/mol. The Morgan fingerprint density at radius 2 is 2.30 bits per heavy atom. The third-order valence-electron chi connectivity index (χ3n) is 2.38. The highest BCUT2D eigenvalue weighted by Crippen LogP contribution is 2.22. The van der Waals surface area contributed by atoms with Gasteiger partial charge in [-0.25, -0.2) is 0 Å². The van der Waals surface area contributed by atoms with Gasteiger partial charge in [-0.3, -0.25) is 14.9 Å². The molecule has 20 heavy (non-hydrogen) atoms. The fourth-order valence-electron chi connectivity index (χ4n) is 1.46. The first kappa shape index (κ1) is 14.1. The number of hydrogen-bond acceptors (Lipinski definition) is 6. The zero-order valence-electron chi connectivity index (χ0n) is 10.3. The Labute approximate surface area is 121 Å². The molecule has 9 heteroatoms. The lowest BCUT2D eigenvalue weighted by molar-refractivity contribution is -0.384. The SMILES string of the molecule is Cc1noc(CNC(=O)c2cc([N+](=O)[O-])ccc2Br)n1. The molecule has 0 fully saturated rings. The van der Waals surface area contributed by atoms with E-state index in [1.807, 2.05) is 0 Å². The molecule has 0 unspecified atom stereocenters. The molecule has 0 bridgehead atoms. The minimum atomic E-state index is -0.565. The predicted octanol–water partition coefficient (Wildman–Crippen LogP) is 1.98. The largest absolute Gasteiger partial charge is 0.343 e. The van der Waals surface area contributed by atoms with Crippen molar-refractivity contribution in [1.29, 1.82) is 0 Å². The van der Waals surface area contributed by atoms with Gasteiger partial charge in [0, 0.05) is 16.6 Å². The number of halogens is 1. The second-order valence-corrected chi connectivity index (χ2v) is 4.69. The van der Waals surface area contributed by atoms with Gasteiger partial charge < -0.3 is 9.84 Å². The summed E-state index contributed by atoms with van der Waals surface area (Å²) >= 11 is 3.18. The van der Waals surface area contributed by atoms with Crippen molar-refractivity contribution in [2.75, 3.05) is 0 Å². The summed E-state index contributed by atoms with van der Waals surface area (Å²) in [4.78, 5) is 26.0. The lowest BCUT2D eigenvalue weighted by Gasteiger charge is -2.04. The Bertz CT molecular complexity index is 670. The fraction of sp³-hybridized carbons (Fsp3) is 0.182. The highest BCUT2D eigenvalue weighted by Gasteiger charge is 2.16. The van der Waals surface area contributed by atoms with E-state index in [4.69, 9.17) is 4.52 Å². The third kappa shape index (κ3) is 3.18. The zero-order chi connectivity index (χ0) is 14.7. The van der Waals surface area contributed by atoms with Crippen molar-refractivity contribution in [3.8, 4) is 0 Å². The molecule has 0 atom stereocenters. The Morgan fingerprint density at radius 1 is 1.55 bits per heavy atom. The molecule has 0 spiro atoms. The first-order valence-electron chi connectivity index (χ1n) is 5.48. The quantitative estimate of drug-likeness (QED) is 0.672. The van der Waals surface area contributed by atoms with Gasteiger partial charge in [-0.05, 0) is 28.9 Å². The van der Waals surface area contributed by atoms with Crippen LogP contribution in [0.5, 0.6) is 0 Å². The van der Waals surface area contributed by atoms with Crippen LogP contribution in [0, 0.1) is 17.0 Å². The predicted molar refractivity (Wildman–Crippen MR) is 71.0 cm³/mol. The molecule has 104 valence electrons. The average molecular weight is 341 g/mol. The van der Waals surface area contributed by atoms with Gasteiger partial charge in [-0.15, -0.1) is 0 Å². The summed E-state index contributed by atoms with van der Waals surface area (Å²) in [5.74, 6) is 0.250. The van der Waals surface area contributed by atoms with Gasteiger partial charge in [0.15, 0.2) is 5.82 Å². The molecule has 0 saturated heterocycles. The number of aromatic nitrogens is 2.